The molecule has 1 aromatic rings. The van der Waals surface area contributed by atoms with E-state index in [2.05, 4.69) is 36.5 Å². The summed E-state index contributed by atoms with van der Waals surface area (Å²) >= 11 is 0. The molecule has 2 rings (SSSR count). The van der Waals surface area contributed by atoms with E-state index in [-0.39, 0.29) is 11.8 Å². The summed E-state index contributed by atoms with van der Waals surface area (Å²) < 4.78 is 0. The van der Waals surface area contributed by atoms with Crippen LogP contribution in [0.4, 0.5) is 0 Å². The number of aliphatic carboxylic acids is 1. The maximum Gasteiger partial charge on any atom is 0.308 e. The van der Waals surface area contributed by atoms with E-state index >= 15 is 0 Å². The molecule has 1 aromatic carbocycles. The number of carbonyl (C=O) groups is 1. The standard InChI is InChI=1S/C15H21NO2/c1-2-11-3-5-12(6-4-11)9-13-7-8-16-10-14(13)15(17)18/h3-6,13-14,16H,2,7-10H2,1H3,(H,17,18). The van der Waals surface area contributed by atoms with Crippen molar-refractivity contribution >= 4 is 5.97 Å². The molecule has 3 nitrogen and oxygen atoms in total. The molecule has 3 heteroatoms. The van der Waals surface area contributed by atoms with Crippen LogP contribution >= 0.6 is 0 Å². The Labute approximate surface area is 108 Å². The van der Waals surface area contributed by atoms with Crippen molar-refractivity contribution in [3.63, 3.8) is 0 Å². The highest BCUT2D eigenvalue weighted by atomic mass is 16.4. The van der Waals surface area contributed by atoms with E-state index in [4.69, 9.17) is 0 Å². The first-order chi connectivity index (χ1) is 8.70. The van der Waals surface area contributed by atoms with E-state index in [9.17, 15) is 9.90 Å². The smallest absolute Gasteiger partial charge is 0.308 e. The van der Waals surface area contributed by atoms with Crippen LogP contribution in [0, 0.1) is 11.8 Å². The van der Waals surface area contributed by atoms with Crippen LogP contribution in [0.15, 0.2) is 24.3 Å². The highest BCUT2D eigenvalue weighted by Crippen LogP contribution is 2.24. The lowest BCUT2D eigenvalue weighted by molar-refractivity contribution is -0.144. The van der Waals surface area contributed by atoms with Crippen molar-refractivity contribution in [2.45, 2.75) is 26.2 Å². The lowest BCUT2D eigenvalue weighted by Crippen LogP contribution is -2.41. The van der Waals surface area contributed by atoms with Crippen molar-refractivity contribution in [1.29, 1.82) is 0 Å². The van der Waals surface area contributed by atoms with Gasteiger partial charge < -0.3 is 10.4 Å². The Balaban J connectivity index is 2.03. The minimum Gasteiger partial charge on any atom is -0.481 e. The first-order valence-corrected chi connectivity index (χ1v) is 6.72. The highest BCUT2D eigenvalue weighted by molar-refractivity contribution is 5.70. The van der Waals surface area contributed by atoms with Gasteiger partial charge in [0.25, 0.3) is 0 Å². The van der Waals surface area contributed by atoms with Crippen molar-refractivity contribution < 1.29 is 9.90 Å². The number of hydrogen-bond acceptors (Lipinski definition) is 2. The second-order valence-electron chi connectivity index (χ2n) is 5.07. The molecule has 0 saturated carbocycles. The SMILES string of the molecule is CCc1ccc(CC2CCNCC2C(=O)O)cc1. The molecule has 0 bridgehead atoms. The number of carboxylic acid groups (broad SMARTS) is 1. The Kier molecular flexibility index (Phi) is 4.37. The van der Waals surface area contributed by atoms with Crippen molar-refractivity contribution in [3.05, 3.63) is 35.4 Å². The molecule has 1 saturated heterocycles. The van der Waals surface area contributed by atoms with Crippen molar-refractivity contribution in [2.75, 3.05) is 13.1 Å². The Bertz CT molecular complexity index is 399. The van der Waals surface area contributed by atoms with Crippen LogP contribution in [0.1, 0.15) is 24.5 Å². The zero-order valence-electron chi connectivity index (χ0n) is 10.9. The van der Waals surface area contributed by atoms with E-state index in [0.29, 0.717) is 6.54 Å². The van der Waals surface area contributed by atoms with Crippen LogP contribution in [0.5, 0.6) is 0 Å². The first-order valence-electron chi connectivity index (χ1n) is 6.72. The average molecular weight is 247 g/mol. The monoisotopic (exact) mass is 247 g/mol. The van der Waals surface area contributed by atoms with Crippen LogP contribution < -0.4 is 5.32 Å². The Morgan fingerprint density at radius 1 is 1.33 bits per heavy atom. The van der Waals surface area contributed by atoms with Gasteiger partial charge >= 0.3 is 5.97 Å². The van der Waals surface area contributed by atoms with Gasteiger partial charge in [0.15, 0.2) is 0 Å². The Morgan fingerprint density at radius 3 is 2.61 bits per heavy atom. The zero-order valence-corrected chi connectivity index (χ0v) is 10.9. The van der Waals surface area contributed by atoms with Gasteiger partial charge in [-0.2, -0.15) is 0 Å². The minimum atomic E-state index is -0.669. The molecule has 1 aliphatic heterocycles. The molecule has 0 aliphatic carbocycles. The third-order valence-electron chi connectivity index (χ3n) is 3.87. The van der Waals surface area contributed by atoms with Crippen LogP contribution in [-0.4, -0.2) is 24.2 Å². The summed E-state index contributed by atoms with van der Waals surface area (Å²) in [5.74, 6) is -0.654. The Hall–Kier alpha value is -1.35. The number of carboxylic acids is 1. The number of piperidine rings is 1. The van der Waals surface area contributed by atoms with Crippen molar-refractivity contribution in [2.24, 2.45) is 11.8 Å². The number of nitrogens with one attached hydrogen (secondary N) is 1. The van der Waals surface area contributed by atoms with Crippen molar-refractivity contribution in [3.8, 4) is 0 Å². The fraction of sp³-hybridized carbons (Fsp3) is 0.533. The van der Waals surface area contributed by atoms with Gasteiger partial charge in [0.2, 0.25) is 0 Å². The summed E-state index contributed by atoms with van der Waals surface area (Å²) in [6, 6.07) is 8.57. The van der Waals surface area contributed by atoms with Gasteiger partial charge in [0, 0.05) is 6.54 Å². The van der Waals surface area contributed by atoms with E-state index in [1.54, 1.807) is 0 Å². The summed E-state index contributed by atoms with van der Waals surface area (Å²) in [5, 5.41) is 12.4. The van der Waals surface area contributed by atoms with Crippen LogP contribution in [0.25, 0.3) is 0 Å². The molecule has 2 atom stereocenters. The third-order valence-corrected chi connectivity index (χ3v) is 3.87. The highest BCUT2D eigenvalue weighted by Gasteiger charge is 2.30. The summed E-state index contributed by atoms with van der Waals surface area (Å²) in [4.78, 5) is 11.2. The predicted molar refractivity (Wildman–Crippen MR) is 71.6 cm³/mol. The van der Waals surface area contributed by atoms with Gasteiger partial charge in [-0.15, -0.1) is 0 Å². The van der Waals surface area contributed by atoms with Gasteiger partial charge in [-0.1, -0.05) is 31.2 Å². The van der Waals surface area contributed by atoms with Gasteiger partial charge in [-0.05, 0) is 42.9 Å². The maximum atomic E-state index is 11.2. The third kappa shape index (κ3) is 3.10. The van der Waals surface area contributed by atoms with E-state index in [1.165, 1.54) is 11.1 Å². The Morgan fingerprint density at radius 2 is 2.00 bits per heavy atom. The summed E-state index contributed by atoms with van der Waals surface area (Å²) in [5.41, 5.74) is 2.59. The topological polar surface area (TPSA) is 49.3 Å². The first kappa shape index (κ1) is 13.1. The number of benzene rings is 1. The normalized spacial score (nSPS) is 23.8. The van der Waals surface area contributed by atoms with Crippen LogP contribution in [-0.2, 0) is 17.6 Å². The average Bonchev–Trinajstić information content (AvgIpc) is 2.40. The summed E-state index contributed by atoms with van der Waals surface area (Å²) in [7, 11) is 0. The second-order valence-corrected chi connectivity index (χ2v) is 5.07. The lowest BCUT2D eigenvalue weighted by Gasteiger charge is -2.29. The summed E-state index contributed by atoms with van der Waals surface area (Å²) in [6.45, 7) is 3.68. The van der Waals surface area contributed by atoms with Gasteiger partial charge in [0.05, 0.1) is 5.92 Å². The molecular formula is C15H21NO2. The summed E-state index contributed by atoms with van der Waals surface area (Å²) in [6.07, 6.45) is 2.88. The fourth-order valence-electron chi connectivity index (χ4n) is 2.66. The molecule has 0 aromatic heterocycles. The molecule has 1 heterocycles. The van der Waals surface area contributed by atoms with E-state index < -0.39 is 5.97 Å². The zero-order chi connectivity index (χ0) is 13.0. The molecule has 0 amide bonds. The quantitative estimate of drug-likeness (QED) is 0.856. The largest absolute Gasteiger partial charge is 0.481 e. The maximum absolute atomic E-state index is 11.2. The van der Waals surface area contributed by atoms with Crippen LogP contribution in [0.3, 0.4) is 0 Å². The van der Waals surface area contributed by atoms with Gasteiger partial charge in [0.1, 0.15) is 0 Å². The molecule has 2 unspecified atom stereocenters. The number of hydrogen-bond donors (Lipinski definition) is 2. The predicted octanol–water partition coefficient (Wildman–Crippen LogP) is 2.10. The number of rotatable bonds is 4. The molecule has 0 radical (unpaired) electrons. The molecule has 1 fully saturated rings. The number of aryl methyl sites for hydroxylation is 1. The fourth-order valence-corrected chi connectivity index (χ4v) is 2.66. The molecule has 0 spiro atoms. The van der Waals surface area contributed by atoms with Gasteiger partial charge in [-0.25, -0.2) is 0 Å². The minimum absolute atomic E-state index is 0.246. The molecule has 98 valence electrons. The molecule has 18 heavy (non-hydrogen) atoms. The second kappa shape index (κ2) is 6.01. The lowest BCUT2D eigenvalue weighted by atomic mass is 9.82. The van der Waals surface area contributed by atoms with E-state index in [1.807, 2.05) is 0 Å². The van der Waals surface area contributed by atoms with Gasteiger partial charge in [-0.3, -0.25) is 4.79 Å². The molecule has 2 N–H and O–H groups in total. The van der Waals surface area contributed by atoms with Crippen LogP contribution in [0.2, 0.25) is 0 Å². The van der Waals surface area contributed by atoms with E-state index in [0.717, 1.165) is 25.8 Å². The molecule has 1 aliphatic rings. The molecular weight excluding hydrogens is 226 g/mol. The van der Waals surface area contributed by atoms with Crippen molar-refractivity contribution in [1.82, 2.24) is 5.32 Å².